The van der Waals surface area contributed by atoms with Crippen molar-refractivity contribution < 1.29 is 33.4 Å². The zero-order valence-electron chi connectivity index (χ0n) is 25.4. The van der Waals surface area contributed by atoms with Crippen LogP contribution in [-0.4, -0.2) is 95.6 Å². The van der Waals surface area contributed by atoms with Crippen molar-refractivity contribution >= 4 is 39.1 Å². The fourth-order valence-electron chi connectivity index (χ4n) is 5.13. The van der Waals surface area contributed by atoms with Crippen LogP contribution in [0.1, 0.15) is 54.4 Å². The molecule has 11 nitrogen and oxygen atoms in total. The molecule has 2 aromatic heterocycles. The summed E-state index contributed by atoms with van der Waals surface area (Å²) in [6, 6.07) is 8.62. The number of nitrogens with one attached hydrogen (secondary N) is 1. The number of carbonyl (C=O) groups excluding carboxylic acids is 2. The van der Waals surface area contributed by atoms with Gasteiger partial charge in [-0.25, -0.2) is 4.98 Å². The highest BCUT2D eigenvalue weighted by atomic mass is 79.9. The van der Waals surface area contributed by atoms with Gasteiger partial charge in [-0.05, 0) is 38.3 Å². The number of aryl methyl sites for hydroxylation is 2. The molecule has 0 spiro atoms. The van der Waals surface area contributed by atoms with Crippen LogP contribution >= 0.6 is 27.3 Å². The maximum atomic E-state index is 13.9. The van der Waals surface area contributed by atoms with E-state index in [1.807, 2.05) is 43.6 Å². The first kappa shape index (κ1) is 34.2. The van der Waals surface area contributed by atoms with Crippen LogP contribution in [0, 0.1) is 13.8 Å². The Morgan fingerprint density at radius 1 is 1.11 bits per heavy atom. The molecule has 4 rings (SSSR count). The molecular weight excluding hydrogens is 652 g/mol. The minimum absolute atomic E-state index is 0.0592. The fourth-order valence-corrected chi connectivity index (χ4v) is 6.17. The summed E-state index contributed by atoms with van der Waals surface area (Å²) in [6.45, 7) is 8.40. The zero-order valence-corrected chi connectivity index (χ0v) is 27.8. The van der Waals surface area contributed by atoms with E-state index in [1.54, 1.807) is 24.3 Å². The van der Waals surface area contributed by atoms with Crippen LogP contribution in [0.2, 0.25) is 0 Å². The van der Waals surface area contributed by atoms with Gasteiger partial charge in [0.2, 0.25) is 11.8 Å². The summed E-state index contributed by atoms with van der Waals surface area (Å²) < 4.78 is 22.1. The molecule has 1 aromatic carbocycles. The second-order valence-electron chi connectivity index (χ2n) is 10.8. The molecular formula is C31H41BrN4O7S. The number of alkyl halides is 1. The molecule has 1 aliphatic rings. The molecule has 0 bridgehead atoms. The molecule has 0 aliphatic carbocycles. The number of thiazole rings is 1. The first-order valence-electron chi connectivity index (χ1n) is 14.8. The summed E-state index contributed by atoms with van der Waals surface area (Å²) >= 11 is 4.89. The molecule has 44 heavy (non-hydrogen) atoms. The molecule has 1 unspecified atom stereocenters. The zero-order chi connectivity index (χ0) is 31.5. The average molecular weight is 694 g/mol. The lowest BCUT2D eigenvalue weighted by atomic mass is 9.99. The highest BCUT2D eigenvalue weighted by Gasteiger charge is 2.42. The number of carbonyl (C=O) groups is 2. The summed E-state index contributed by atoms with van der Waals surface area (Å²) in [6.07, 6.45) is -0.329. The van der Waals surface area contributed by atoms with Crippen molar-refractivity contribution in [2.45, 2.75) is 57.7 Å². The monoisotopic (exact) mass is 692 g/mol. The summed E-state index contributed by atoms with van der Waals surface area (Å²) in [5, 5.41) is 18.3. The smallest absolute Gasteiger partial charge is 0.243 e. The number of ether oxygens (including phenoxy) is 3. The van der Waals surface area contributed by atoms with Crippen molar-refractivity contribution in [1.82, 2.24) is 20.4 Å². The van der Waals surface area contributed by atoms with E-state index in [0.29, 0.717) is 50.9 Å². The van der Waals surface area contributed by atoms with E-state index in [4.69, 9.17) is 18.7 Å². The van der Waals surface area contributed by atoms with Gasteiger partial charge in [0.05, 0.1) is 67.0 Å². The quantitative estimate of drug-likeness (QED) is 0.158. The Balaban J connectivity index is 1.34. The van der Waals surface area contributed by atoms with Gasteiger partial charge in [-0.3, -0.25) is 9.59 Å². The van der Waals surface area contributed by atoms with Gasteiger partial charge >= 0.3 is 0 Å². The lowest BCUT2D eigenvalue weighted by Crippen LogP contribution is -2.48. The number of benzene rings is 1. The minimum atomic E-state index is -0.813. The van der Waals surface area contributed by atoms with E-state index in [2.05, 4.69) is 31.4 Å². The van der Waals surface area contributed by atoms with Crippen molar-refractivity contribution in [3.8, 4) is 10.4 Å². The van der Waals surface area contributed by atoms with Crippen LogP contribution in [0.15, 0.2) is 40.4 Å². The van der Waals surface area contributed by atoms with Gasteiger partial charge in [-0.2, -0.15) is 0 Å². The van der Waals surface area contributed by atoms with E-state index in [-0.39, 0.29) is 37.4 Å². The van der Waals surface area contributed by atoms with Gasteiger partial charge < -0.3 is 34.1 Å². The van der Waals surface area contributed by atoms with Crippen LogP contribution in [0.4, 0.5) is 0 Å². The number of likely N-dealkylation sites (tertiary alicyclic amines) is 1. The molecule has 3 aromatic rings. The lowest BCUT2D eigenvalue weighted by Gasteiger charge is -2.28. The number of nitrogens with zero attached hydrogens (tertiary/aromatic N) is 3. The van der Waals surface area contributed by atoms with Gasteiger partial charge in [-0.15, -0.1) is 11.3 Å². The molecule has 13 heteroatoms. The van der Waals surface area contributed by atoms with E-state index in [9.17, 15) is 14.7 Å². The number of aliphatic hydroxyl groups is 1. The van der Waals surface area contributed by atoms with E-state index in [0.717, 1.165) is 27.0 Å². The first-order valence-corrected chi connectivity index (χ1v) is 16.8. The van der Waals surface area contributed by atoms with Gasteiger partial charge in [0.15, 0.2) is 0 Å². The van der Waals surface area contributed by atoms with Crippen molar-refractivity contribution in [3.05, 3.63) is 58.6 Å². The Morgan fingerprint density at radius 2 is 1.80 bits per heavy atom. The van der Waals surface area contributed by atoms with Crippen LogP contribution in [0.5, 0.6) is 0 Å². The number of rotatable bonds is 17. The van der Waals surface area contributed by atoms with Gasteiger partial charge in [0.25, 0.3) is 0 Å². The number of aliphatic hydroxyl groups excluding tert-OH is 1. The van der Waals surface area contributed by atoms with Crippen molar-refractivity contribution in [2.24, 2.45) is 0 Å². The fraction of sp³-hybridized carbons (Fsp3) is 0.548. The molecule has 0 radical (unpaired) electrons. The number of hydrogen-bond acceptors (Lipinski definition) is 10. The van der Waals surface area contributed by atoms with Crippen LogP contribution in [0.25, 0.3) is 10.4 Å². The van der Waals surface area contributed by atoms with E-state index >= 15 is 0 Å². The maximum absolute atomic E-state index is 13.9. The molecule has 0 saturated carbocycles. The Hall–Kier alpha value is -2.68. The highest BCUT2D eigenvalue weighted by molar-refractivity contribution is 9.09. The number of hydrogen-bond donors (Lipinski definition) is 2. The Labute approximate surface area is 270 Å². The third-order valence-electron chi connectivity index (χ3n) is 7.45. The Bertz CT molecular complexity index is 1330. The van der Waals surface area contributed by atoms with Gasteiger partial charge in [-0.1, -0.05) is 45.4 Å². The van der Waals surface area contributed by atoms with Gasteiger partial charge in [0.1, 0.15) is 17.7 Å². The predicted octanol–water partition coefficient (Wildman–Crippen LogP) is 4.17. The van der Waals surface area contributed by atoms with E-state index in [1.165, 1.54) is 4.90 Å². The predicted molar refractivity (Wildman–Crippen MR) is 170 cm³/mol. The topological polar surface area (TPSA) is 136 Å². The number of halogens is 1. The van der Waals surface area contributed by atoms with Crippen LogP contribution in [0.3, 0.4) is 0 Å². The summed E-state index contributed by atoms with van der Waals surface area (Å²) in [7, 11) is 0. The summed E-state index contributed by atoms with van der Waals surface area (Å²) in [5.41, 5.74) is 5.46. The first-order chi connectivity index (χ1) is 21.3. The maximum Gasteiger partial charge on any atom is 0.243 e. The SMILES string of the molecule is Cc1cc(C(CCOCCOCCOCCBr)C(=O)N2C[C@H](O)C[C@H]2C(=O)N[C@@H](C)c2ccc(-c3scnc3C)cc2)on1. The molecule has 1 fully saturated rings. The summed E-state index contributed by atoms with van der Waals surface area (Å²) in [5.74, 6) is -0.929. The third-order valence-corrected chi connectivity index (χ3v) is 8.75. The van der Waals surface area contributed by atoms with E-state index < -0.39 is 18.1 Å². The van der Waals surface area contributed by atoms with Crippen LogP contribution in [-0.2, 0) is 23.8 Å². The molecule has 2 amide bonds. The molecule has 2 N–H and O–H groups in total. The highest BCUT2D eigenvalue weighted by Crippen LogP contribution is 2.30. The van der Waals surface area contributed by atoms with Crippen molar-refractivity contribution in [3.63, 3.8) is 0 Å². The number of aromatic nitrogens is 2. The average Bonchev–Trinajstić information content (AvgIpc) is 3.75. The second-order valence-corrected chi connectivity index (χ2v) is 12.4. The standard InChI is InChI=1S/C31H41BrN4O7S/c1-20-16-28(43-35-20)26(8-10-40-12-14-42-15-13-41-11-9-32)31(39)36-18-25(37)17-27(36)30(38)34-21(2)23-4-6-24(7-5-23)29-22(3)33-19-44-29/h4-7,16,19,21,25-27,37H,8-15,17-18H2,1-3H3,(H,34,38)/t21-,25+,26?,27-/m0/s1. The van der Waals surface area contributed by atoms with Crippen molar-refractivity contribution in [1.29, 1.82) is 0 Å². The number of β-amino-alcohol motifs (C(OH)–C–C–N with tert-alkyl or cyclic N) is 1. The molecule has 1 aliphatic heterocycles. The third kappa shape index (κ3) is 9.41. The minimum Gasteiger partial charge on any atom is -0.391 e. The lowest BCUT2D eigenvalue weighted by molar-refractivity contribution is -0.140. The normalized spacial score (nSPS) is 18.0. The largest absolute Gasteiger partial charge is 0.391 e. The molecule has 4 atom stereocenters. The summed E-state index contributed by atoms with van der Waals surface area (Å²) in [4.78, 5) is 34.3. The van der Waals surface area contributed by atoms with Crippen molar-refractivity contribution in [2.75, 3.05) is 51.5 Å². The van der Waals surface area contributed by atoms with Crippen LogP contribution < -0.4 is 5.32 Å². The second kappa shape index (κ2) is 17.1. The Morgan fingerprint density at radius 3 is 2.41 bits per heavy atom. The Kier molecular flexibility index (Phi) is 13.3. The molecule has 240 valence electrons. The molecule has 1 saturated heterocycles. The molecule has 3 heterocycles. The number of amides is 2. The van der Waals surface area contributed by atoms with Gasteiger partial charge in [0, 0.05) is 31.0 Å².